The molecular weight excluding hydrogens is 370 g/mol. The summed E-state index contributed by atoms with van der Waals surface area (Å²) in [6, 6.07) is 14.2. The largest absolute Gasteiger partial charge is 0.230 e. The van der Waals surface area contributed by atoms with Crippen molar-refractivity contribution in [3.8, 4) is 0 Å². The molecule has 0 radical (unpaired) electrons. The van der Waals surface area contributed by atoms with Crippen LogP contribution < -0.4 is 0 Å². The molecule has 0 saturated heterocycles. The molecule has 1 heterocycles. The number of sulfone groups is 1. The molecule has 3 rings (SSSR count). The number of thioether (sulfide) groups is 1. The van der Waals surface area contributed by atoms with E-state index in [-0.39, 0.29) is 5.75 Å². The fourth-order valence-corrected chi connectivity index (χ4v) is 5.83. The van der Waals surface area contributed by atoms with Crippen LogP contribution in [0.1, 0.15) is 6.42 Å². The number of rotatable bonds is 6. The Bertz CT molecular complexity index is 907. The van der Waals surface area contributed by atoms with E-state index in [1.807, 2.05) is 24.3 Å². The van der Waals surface area contributed by atoms with Gasteiger partial charge in [0.05, 0.1) is 20.9 Å². The van der Waals surface area contributed by atoms with Gasteiger partial charge in [0, 0.05) is 10.8 Å². The molecule has 0 fully saturated rings. The first-order valence-electron chi connectivity index (χ1n) is 7.01. The topological polar surface area (TPSA) is 47.0 Å². The molecule has 1 aromatic heterocycles. The zero-order valence-electron chi connectivity index (χ0n) is 12.1. The third-order valence-electron chi connectivity index (χ3n) is 3.22. The van der Waals surface area contributed by atoms with E-state index in [0.717, 1.165) is 20.3 Å². The second-order valence-corrected chi connectivity index (χ2v) is 9.84. The van der Waals surface area contributed by atoms with E-state index in [1.165, 1.54) is 0 Å². The highest BCUT2D eigenvalue weighted by Crippen LogP contribution is 2.31. The Hall–Kier alpha value is -1.08. The van der Waals surface area contributed by atoms with Crippen LogP contribution in [0.25, 0.3) is 10.2 Å². The number of fused-ring (bicyclic) bond motifs is 1. The van der Waals surface area contributed by atoms with Gasteiger partial charge in [0.15, 0.2) is 14.2 Å². The summed E-state index contributed by atoms with van der Waals surface area (Å²) < 4.78 is 26.4. The van der Waals surface area contributed by atoms with Gasteiger partial charge in [-0.15, -0.1) is 11.3 Å². The van der Waals surface area contributed by atoms with Gasteiger partial charge in [-0.2, -0.15) is 0 Å². The first-order chi connectivity index (χ1) is 11.0. The molecule has 0 atom stereocenters. The third-order valence-corrected chi connectivity index (χ3v) is 7.53. The quantitative estimate of drug-likeness (QED) is 0.448. The van der Waals surface area contributed by atoms with Gasteiger partial charge in [0.25, 0.3) is 0 Å². The van der Waals surface area contributed by atoms with Crippen LogP contribution in [0.5, 0.6) is 0 Å². The molecule has 0 bridgehead atoms. The smallest absolute Gasteiger partial charge is 0.178 e. The van der Waals surface area contributed by atoms with Gasteiger partial charge in [-0.1, -0.05) is 41.6 Å². The van der Waals surface area contributed by atoms with Crippen molar-refractivity contribution in [2.24, 2.45) is 0 Å². The van der Waals surface area contributed by atoms with Crippen LogP contribution in [0.15, 0.2) is 57.8 Å². The summed E-state index contributed by atoms with van der Waals surface area (Å²) in [5.41, 5.74) is 0.891. The van der Waals surface area contributed by atoms with Crippen molar-refractivity contribution in [1.82, 2.24) is 4.98 Å². The lowest BCUT2D eigenvalue weighted by molar-refractivity contribution is 0.595. The Morgan fingerprint density at radius 3 is 2.70 bits per heavy atom. The van der Waals surface area contributed by atoms with E-state index in [2.05, 4.69) is 4.98 Å². The number of hydrogen-bond donors (Lipinski definition) is 0. The van der Waals surface area contributed by atoms with Crippen molar-refractivity contribution in [1.29, 1.82) is 0 Å². The molecule has 0 aliphatic carbocycles. The highest BCUT2D eigenvalue weighted by molar-refractivity contribution is 8.01. The maximum Gasteiger partial charge on any atom is 0.178 e. The number of thiazole rings is 1. The monoisotopic (exact) mass is 383 g/mol. The highest BCUT2D eigenvalue weighted by Gasteiger charge is 2.13. The third kappa shape index (κ3) is 4.26. The SMILES string of the molecule is O=S(=O)(CCCSc1nc2cc(Cl)ccc2s1)c1ccccc1. The molecule has 0 aliphatic heterocycles. The molecule has 120 valence electrons. The normalized spacial score (nSPS) is 11.9. The van der Waals surface area contributed by atoms with Crippen LogP contribution in [-0.2, 0) is 9.84 Å². The molecule has 0 unspecified atom stereocenters. The van der Waals surface area contributed by atoms with E-state index in [0.29, 0.717) is 16.3 Å². The summed E-state index contributed by atoms with van der Waals surface area (Å²) in [4.78, 5) is 4.90. The van der Waals surface area contributed by atoms with Gasteiger partial charge in [0.2, 0.25) is 0 Å². The zero-order chi connectivity index (χ0) is 16.3. The van der Waals surface area contributed by atoms with Gasteiger partial charge >= 0.3 is 0 Å². The van der Waals surface area contributed by atoms with Crippen LogP contribution in [0.4, 0.5) is 0 Å². The molecule has 23 heavy (non-hydrogen) atoms. The van der Waals surface area contributed by atoms with Gasteiger partial charge in [0.1, 0.15) is 0 Å². The van der Waals surface area contributed by atoms with Crippen LogP contribution in [0, 0.1) is 0 Å². The Kier molecular flexibility index (Phi) is 5.26. The lowest BCUT2D eigenvalue weighted by atomic mass is 10.3. The maximum absolute atomic E-state index is 12.2. The van der Waals surface area contributed by atoms with Crippen LogP contribution in [-0.4, -0.2) is 24.9 Å². The predicted octanol–water partition coefficient (Wildman–Crippen LogP) is 4.91. The summed E-state index contributed by atoms with van der Waals surface area (Å²) in [5.74, 6) is 0.875. The van der Waals surface area contributed by atoms with Crippen molar-refractivity contribution in [3.63, 3.8) is 0 Å². The van der Waals surface area contributed by atoms with Crippen LogP contribution in [0.3, 0.4) is 0 Å². The van der Waals surface area contributed by atoms with Crippen LogP contribution >= 0.6 is 34.7 Å². The Morgan fingerprint density at radius 2 is 1.91 bits per heavy atom. The predicted molar refractivity (Wildman–Crippen MR) is 98.5 cm³/mol. The average Bonchev–Trinajstić information content (AvgIpc) is 2.94. The van der Waals surface area contributed by atoms with Gasteiger partial charge in [-0.05, 0) is 36.8 Å². The fraction of sp³-hybridized carbons (Fsp3) is 0.188. The number of nitrogens with zero attached hydrogens (tertiary/aromatic N) is 1. The van der Waals surface area contributed by atoms with Gasteiger partial charge in [-0.3, -0.25) is 0 Å². The minimum absolute atomic E-state index is 0.154. The first-order valence-corrected chi connectivity index (χ1v) is 10.8. The van der Waals surface area contributed by atoms with Crippen molar-refractivity contribution in [2.45, 2.75) is 15.7 Å². The fourth-order valence-electron chi connectivity index (χ4n) is 2.10. The van der Waals surface area contributed by atoms with E-state index in [9.17, 15) is 8.42 Å². The van der Waals surface area contributed by atoms with Gasteiger partial charge < -0.3 is 0 Å². The molecule has 0 aliphatic rings. The summed E-state index contributed by atoms with van der Waals surface area (Å²) in [5, 5.41) is 0.674. The van der Waals surface area contributed by atoms with Crippen molar-refractivity contribution in [3.05, 3.63) is 53.6 Å². The number of hydrogen-bond acceptors (Lipinski definition) is 5. The minimum atomic E-state index is -3.19. The Balaban J connectivity index is 1.57. The molecule has 0 saturated carbocycles. The van der Waals surface area contributed by atoms with E-state index >= 15 is 0 Å². The number of benzene rings is 2. The summed E-state index contributed by atoms with van der Waals surface area (Å²) in [7, 11) is -3.19. The van der Waals surface area contributed by atoms with E-state index in [1.54, 1.807) is 47.4 Å². The Morgan fingerprint density at radius 1 is 1.13 bits per heavy atom. The Labute approximate surface area is 148 Å². The molecule has 2 aromatic carbocycles. The molecule has 7 heteroatoms. The van der Waals surface area contributed by atoms with Crippen molar-refractivity contribution < 1.29 is 8.42 Å². The number of aromatic nitrogens is 1. The molecule has 0 N–H and O–H groups in total. The first kappa shape index (κ1) is 16.8. The number of halogens is 1. The molecular formula is C16H14ClNO2S3. The molecule has 0 amide bonds. The highest BCUT2D eigenvalue weighted by atomic mass is 35.5. The van der Waals surface area contributed by atoms with Gasteiger partial charge in [-0.25, -0.2) is 13.4 Å². The average molecular weight is 384 g/mol. The summed E-state index contributed by atoms with van der Waals surface area (Å²) in [6.07, 6.45) is 0.596. The van der Waals surface area contributed by atoms with Crippen molar-refractivity contribution in [2.75, 3.05) is 11.5 Å². The summed E-state index contributed by atoms with van der Waals surface area (Å²) >= 11 is 9.15. The van der Waals surface area contributed by atoms with E-state index < -0.39 is 9.84 Å². The maximum atomic E-state index is 12.2. The lowest BCUT2D eigenvalue weighted by Crippen LogP contribution is -2.07. The second-order valence-electron chi connectivity index (χ2n) is 4.93. The van der Waals surface area contributed by atoms with Crippen molar-refractivity contribution >= 4 is 54.8 Å². The van der Waals surface area contributed by atoms with E-state index in [4.69, 9.17) is 11.6 Å². The van der Waals surface area contributed by atoms with Crippen LogP contribution in [0.2, 0.25) is 5.02 Å². The standard InChI is InChI=1S/C16H14ClNO2S3/c17-12-7-8-15-14(11-12)18-16(22-15)21-9-4-10-23(19,20)13-5-2-1-3-6-13/h1-3,5-8,11H,4,9-10H2. The summed E-state index contributed by atoms with van der Waals surface area (Å²) in [6.45, 7) is 0. The molecule has 3 nitrogen and oxygen atoms in total. The second kappa shape index (κ2) is 7.21. The minimum Gasteiger partial charge on any atom is -0.230 e. The molecule has 0 spiro atoms. The lowest BCUT2D eigenvalue weighted by Gasteiger charge is -2.03. The zero-order valence-corrected chi connectivity index (χ0v) is 15.3. The molecule has 3 aromatic rings.